The molecule has 0 aliphatic heterocycles. The number of carbonyl (C=O) groups excluding carboxylic acids is 1. The van der Waals surface area contributed by atoms with Crippen molar-refractivity contribution in [2.24, 2.45) is 0 Å². The molecule has 0 bridgehead atoms. The Morgan fingerprint density at radius 3 is 2.69 bits per heavy atom. The van der Waals surface area contributed by atoms with Gasteiger partial charge >= 0.3 is 0 Å². The summed E-state index contributed by atoms with van der Waals surface area (Å²) in [6, 6.07) is 18.3. The quantitative estimate of drug-likeness (QED) is 0.488. The summed E-state index contributed by atoms with van der Waals surface area (Å²) in [6.45, 7) is 1.87. The van der Waals surface area contributed by atoms with Gasteiger partial charge in [-0.25, -0.2) is 10.4 Å². The fourth-order valence-electron chi connectivity index (χ4n) is 3.17. The molecule has 4 aromatic heterocycles. The van der Waals surface area contributed by atoms with Gasteiger partial charge < -0.3 is 8.83 Å². The smallest absolute Gasteiger partial charge is 0.272 e. The molecule has 0 spiro atoms. The molecule has 1 aromatic carbocycles. The second-order valence-corrected chi connectivity index (χ2v) is 6.55. The summed E-state index contributed by atoms with van der Waals surface area (Å²) in [5.74, 6) is 1.72. The maximum absolute atomic E-state index is 13.1. The molecule has 142 valence electrons. The van der Waals surface area contributed by atoms with Crippen LogP contribution in [0.1, 0.15) is 16.1 Å². The van der Waals surface area contributed by atoms with E-state index in [0.717, 1.165) is 11.1 Å². The zero-order chi connectivity index (χ0) is 19.8. The Balaban J connectivity index is 1.52. The molecule has 7 nitrogen and oxygen atoms in total. The predicted molar refractivity (Wildman–Crippen MR) is 108 cm³/mol. The summed E-state index contributed by atoms with van der Waals surface area (Å²) < 4.78 is 11.0. The first-order valence-corrected chi connectivity index (χ1v) is 9.05. The predicted octanol–water partition coefficient (Wildman–Crippen LogP) is 4.64. The largest absolute Gasteiger partial charge is 0.463 e. The van der Waals surface area contributed by atoms with E-state index in [-0.39, 0.29) is 5.91 Å². The van der Waals surface area contributed by atoms with E-state index in [2.05, 4.69) is 15.5 Å². The number of hydrogen-bond donors (Lipinski definition) is 1. The van der Waals surface area contributed by atoms with E-state index in [1.165, 1.54) is 4.79 Å². The molecule has 0 radical (unpaired) electrons. The standard InChI is InChI=1S/C22H16N4O3/c1-14-8-9-21(29-14)19-13-16(15-5-2-3-6-17(15)23-19)22(27)25-26-11-10-18(24-26)20-7-4-12-28-20/h2-13H,1H3,(H,25,27). The highest BCUT2D eigenvalue weighted by Gasteiger charge is 2.16. The number of furan rings is 2. The number of rotatable bonds is 4. The zero-order valence-corrected chi connectivity index (χ0v) is 15.5. The lowest BCUT2D eigenvalue weighted by Crippen LogP contribution is -2.23. The normalized spacial score (nSPS) is 11.1. The Bertz CT molecular complexity index is 1320. The van der Waals surface area contributed by atoms with Gasteiger partial charge in [0, 0.05) is 11.6 Å². The summed E-state index contributed by atoms with van der Waals surface area (Å²) in [6.07, 6.45) is 3.24. The van der Waals surface area contributed by atoms with Gasteiger partial charge in [-0.3, -0.25) is 4.79 Å². The maximum Gasteiger partial charge on any atom is 0.272 e. The van der Waals surface area contributed by atoms with Crippen molar-refractivity contribution in [1.29, 1.82) is 0 Å². The van der Waals surface area contributed by atoms with Crippen LogP contribution in [0, 0.1) is 6.92 Å². The SMILES string of the molecule is Cc1ccc(-c2cc(C(=O)Nn3ccc(-c4ccco4)n3)c3ccccc3n2)o1. The molecule has 5 rings (SSSR count). The van der Waals surface area contributed by atoms with Crippen LogP contribution in [0.2, 0.25) is 0 Å². The first kappa shape index (κ1) is 17.0. The highest BCUT2D eigenvalue weighted by Crippen LogP contribution is 2.26. The van der Waals surface area contributed by atoms with Crippen LogP contribution < -0.4 is 5.43 Å². The van der Waals surface area contributed by atoms with Crippen LogP contribution in [-0.2, 0) is 0 Å². The summed E-state index contributed by atoms with van der Waals surface area (Å²) in [4.78, 5) is 19.1. The van der Waals surface area contributed by atoms with Crippen LogP contribution in [0.4, 0.5) is 0 Å². The third-order valence-corrected chi connectivity index (χ3v) is 4.53. The van der Waals surface area contributed by atoms with Gasteiger partial charge in [-0.1, -0.05) is 18.2 Å². The van der Waals surface area contributed by atoms with Crippen molar-refractivity contribution in [2.45, 2.75) is 6.92 Å². The number of pyridine rings is 1. The molecule has 0 unspecified atom stereocenters. The number of fused-ring (bicyclic) bond motifs is 1. The third-order valence-electron chi connectivity index (χ3n) is 4.53. The molecule has 4 heterocycles. The van der Waals surface area contributed by atoms with Gasteiger partial charge in [0.1, 0.15) is 17.1 Å². The summed E-state index contributed by atoms with van der Waals surface area (Å²) in [7, 11) is 0. The van der Waals surface area contributed by atoms with E-state index in [4.69, 9.17) is 8.83 Å². The fourth-order valence-corrected chi connectivity index (χ4v) is 3.17. The fraction of sp³-hybridized carbons (Fsp3) is 0.0455. The van der Waals surface area contributed by atoms with Crippen LogP contribution in [0.5, 0.6) is 0 Å². The minimum atomic E-state index is -0.303. The minimum absolute atomic E-state index is 0.303. The topological polar surface area (TPSA) is 86.1 Å². The minimum Gasteiger partial charge on any atom is -0.463 e. The van der Waals surface area contributed by atoms with Crippen molar-refractivity contribution in [2.75, 3.05) is 5.43 Å². The Labute approximate surface area is 165 Å². The first-order valence-electron chi connectivity index (χ1n) is 9.05. The van der Waals surface area contributed by atoms with Crippen molar-refractivity contribution in [3.63, 3.8) is 0 Å². The third kappa shape index (κ3) is 3.19. The van der Waals surface area contributed by atoms with E-state index in [1.54, 1.807) is 30.7 Å². The van der Waals surface area contributed by atoms with E-state index in [9.17, 15) is 4.79 Å². The molecule has 7 heteroatoms. The second kappa shape index (κ2) is 6.79. The summed E-state index contributed by atoms with van der Waals surface area (Å²) in [5, 5.41) is 5.08. The van der Waals surface area contributed by atoms with Crippen molar-refractivity contribution in [3.8, 4) is 22.9 Å². The van der Waals surface area contributed by atoms with Gasteiger partial charge in [0.05, 0.1) is 17.3 Å². The molecule has 1 amide bonds. The van der Waals surface area contributed by atoms with E-state index < -0.39 is 0 Å². The van der Waals surface area contributed by atoms with Gasteiger partial charge in [0.25, 0.3) is 5.91 Å². The molecular formula is C22H16N4O3. The van der Waals surface area contributed by atoms with Crippen molar-refractivity contribution in [1.82, 2.24) is 14.9 Å². The van der Waals surface area contributed by atoms with Crippen LogP contribution in [0.25, 0.3) is 33.8 Å². The first-order chi connectivity index (χ1) is 14.2. The van der Waals surface area contributed by atoms with Crippen molar-refractivity contribution >= 4 is 16.8 Å². The maximum atomic E-state index is 13.1. The molecule has 0 saturated carbocycles. The second-order valence-electron chi connectivity index (χ2n) is 6.55. The molecule has 0 fully saturated rings. The molecule has 5 aromatic rings. The van der Waals surface area contributed by atoms with Crippen molar-refractivity contribution in [3.05, 3.63) is 84.4 Å². The number of benzene rings is 1. The number of carbonyl (C=O) groups is 1. The van der Waals surface area contributed by atoms with Crippen LogP contribution >= 0.6 is 0 Å². The number of hydrogen-bond acceptors (Lipinski definition) is 5. The molecule has 0 saturated heterocycles. The average molecular weight is 384 g/mol. The highest BCUT2D eigenvalue weighted by atomic mass is 16.3. The molecule has 0 atom stereocenters. The lowest BCUT2D eigenvalue weighted by Gasteiger charge is -2.09. The number of para-hydroxylation sites is 1. The van der Waals surface area contributed by atoms with E-state index >= 15 is 0 Å². The van der Waals surface area contributed by atoms with Gasteiger partial charge in [-0.15, -0.1) is 5.10 Å². The van der Waals surface area contributed by atoms with Crippen LogP contribution in [-0.4, -0.2) is 20.8 Å². The zero-order valence-electron chi connectivity index (χ0n) is 15.5. The Morgan fingerprint density at radius 2 is 1.90 bits per heavy atom. The summed E-state index contributed by atoms with van der Waals surface area (Å²) in [5.41, 5.74) is 5.20. The Hall–Kier alpha value is -4.13. The number of amides is 1. The lowest BCUT2D eigenvalue weighted by atomic mass is 10.1. The van der Waals surface area contributed by atoms with Crippen molar-refractivity contribution < 1.29 is 13.6 Å². The molecule has 1 N–H and O–H groups in total. The molecule has 0 aliphatic rings. The lowest BCUT2D eigenvalue weighted by molar-refractivity contribution is 0.101. The van der Waals surface area contributed by atoms with E-state index in [1.807, 2.05) is 49.4 Å². The van der Waals surface area contributed by atoms with Gasteiger partial charge in [0.2, 0.25) is 0 Å². The number of nitrogens with zero attached hydrogens (tertiary/aromatic N) is 3. The highest BCUT2D eigenvalue weighted by molar-refractivity contribution is 6.10. The number of aryl methyl sites for hydroxylation is 1. The number of aromatic nitrogens is 3. The average Bonchev–Trinajstić information content (AvgIpc) is 3.48. The Kier molecular flexibility index (Phi) is 3.98. The number of nitrogens with one attached hydrogen (secondary N) is 1. The molecule has 29 heavy (non-hydrogen) atoms. The summed E-state index contributed by atoms with van der Waals surface area (Å²) >= 11 is 0. The molecule has 0 aliphatic carbocycles. The van der Waals surface area contributed by atoms with E-state index in [0.29, 0.717) is 34.0 Å². The molecular weight excluding hydrogens is 368 g/mol. The van der Waals surface area contributed by atoms with Crippen LogP contribution in [0.3, 0.4) is 0 Å². The Morgan fingerprint density at radius 1 is 1.00 bits per heavy atom. The van der Waals surface area contributed by atoms with Gasteiger partial charge in [-0.2, -0.15) is 4.79 Å². The monoisotopic (exact) mass is 384 g/mol. The van der Waals surface area contributed by atoms with Gasteiger partial charge in [-0.05, 0) is 49.4 Å². The van der Waals surface area contributed by atoms with Crippen LogP contribution in [0.15, 0.2) is 82.0 Å². The van der Waals surface area contributed by atoms with Gasteiger partial charge in [0.15, 0.2) is 11.5 Å².